The van der Waals surface area contributed by atoms with Crippen LogP contribution in [0.2, 0.25) is 0 Å². The topological polar surface area (TPSA) is 0 Å². The number of rotatable bonds is 1. The highest BCUT2D eigenvalue weighted by Crippen LogP contribution is 2.46. The molecule has 0 saturated carbocycles. The molecule has 1 heteroatoms. The summed E-state index contributed by atoms with van der Waals surface area (Å²) in [6.07, 6.45) is 1.04. The van der Waals surface area contributed by atoms with Crippen LogP contribution in [0.4, 0.5) is 0 Å². The maximum atomic E-state index is 2.30. The van der Waals surface area contributed by atoms with Crippen molar-refractivity contribution in [3.05, 3.63) is 95.6 Å². The van der Waals surface area contributed by atoms with Crippen molar-refractivity contribution >= 4 is 31.5 Å². The summed E-state index contributed by atoms with van der Waals surface area (Å²) in [4.78, 5) is 0. The van der Waals surface area contributed by atoms with Crippen LogP contribution in [0.3, 0.4) is 0 Å². The van der Waals surface area contributed by atoms with E-state index in [2.05, 4.69) is 85.8 Å². The van der Waals surface area contributed by atoms with Gasteiger partial charge in [0, 0.05) is 20.2 Å². The Bertz CT molecular complexity index is 1350. The van der Waals surface area contributed by atoms with Crippen LogP contribution in [0.5, 0.6) is 0 Å². The van der Waals surface area contributed by atoms with Gasteiger partial charge in [-0.1, -0.05) is 72.8 Å². The third kappa shape index (κ3) is 2.09. The molecule has 0 N–H and O–H groups in total. The van der Waals surface area contributed by atoms with Crippen LogP contribution < -0.4 is 0 Å². The van der Waals surface area contributed by atoms with Gasteiger partial charge in [0.1, 0.15) is 0 Å². The number of fused-ring (bicyclic) bond motifs is 6. The summed E-state index contributed by atoms with van der Waals surface area (Å²) in [7, 11) is 0. The second-order valence-corrected chi connectivity index (χ2v) is 8.44. The van der Waals surface area contributed by atoms with E-state index in [1.165, 1.54) is 59.1 Å². The molecule has 0 amide bonds. The molecule has 27 heavy (non-hydrogen) atoms. The minimum absolute atomic E-state index is 1.04. The van der Waals surface area contributed by atoms with Gasteiger partial charge in [0.2, 0.25) is 0 Å². The Balaban J connectivity index is 1.65. The first kappa shape index (κ1) is 15.2. The van der Waals surface area contributed by atoms with Crippen molar-refractivity contribution in [2.75, 3.05) is 0 Å². The monoisotopic (exact) mass is 362 g/mol. The second kappa shape index (κ2) is 5.55. The smallest absolute Gasteiger partial charge is 0.0433 e. The summed E-state index contributed by atoms with van der Waals surface area (Å²) in [6.45, 7) is 2.23. The molecule has 0 nitrogen and oxygen atoms in total. The fraction of sp³-hybridized carbons (Fsp3) is 0.0769. The predicted molar refractivity (Wildman–Crippen MR) is 118 cm³/mol. The standard InChI is InChI=1S/C26H18S/c1-16-7-4-9-17-18-10-5-11-19(24(18)15-23(16)17)21-12-6-13-22-20-8-2-3-14-25(20)27-26(21)22/h2-14H,15H2,1H3. The lowest BCUT2D eigenvalue weighted by molar-refractivity contribution is 1.22. The Morgan fingerprint density at radius 1 is 0.593 bits per heavy atom. The van der Waals surface area contributed by atoms with Gasteiger partial charge < -0.3 is 0 Å². The molecule has 0 fully saturated rings. The van der Waals surface area contributed by atoms with Crippen LogP contribution in [0.1, 0.15) is 16.7 Å². The minimum atomic E-state index is 1.04. The van der Waals surface area contributed by atoms with E-state index in [1.54, 1.807) is 0 Å². The third-order valence-corrected chi connectivity index (χ3v) is 7.14. The van der Waals surface area contributed by atoms with Crippen molar-refractivity contribution in [3.8, 4) is 22.3 Å². The lowest BCUT2D eigenvalue weighted by atomic mass is 9.95. The SMILES string of the molecule is Cc1cccc2c1Cc1c-2cccc1-c1cccc2c1sc1ccccc12. The Morgan fingerprint density at radius 3 is 2.11 bits per heavy atom. The molecule has 4 aromatic carbocycles. The summed E-state index contributed by atoms with van der Waals surface area (Å²) in [6, 6.07) is 29.0. The zero-order valence-electron chi connectivity index (χ0n) is 15.1. The van der Waals surface area contributed by atoms with Gasteiger partial charge in [-0.05, 0) is 58.4 Å². The van der Waals surface area contributed by atoms with Crippen molar-refractivity contribution in [2.45, 2.75) is 13.3 Å². The molecule has 0 bridgehead atoms. The molecule has 6 rings (SSSR count). The van der Waals surface area contributed by atoms with E-state index < -0.39 is 0 Å². The van der Waals surface area contributed by atoms with E-state index in [0.29, 0.717) is 0 Å². The van der Waals surface area contributed by atoms with Crippen molar-refractivity contribution in [1.29, 1.82) is 0 Å². The molecule has 1 aromatic heterocycles. The maximum absolute atomic E-state index is 2.30. The molecular weight excluding hydrogens is 344 g/mol. The Hall–Kier alpha value is -2.90. The largest absolute Gasteiger partial charge is 0.135 e. The number of thiophene rings is 1. The van der Waals surface area contributed by atoms with Gasteiger partial charge in [-0.2, -0.15) is 0 Å². The molecule has 0 unspecified atom stereocenters. The molecule has 0 aliphatic heterocycles. The van der Waals surface area contributed by atoms with Gasteiger partial charge in [0.15, 0.2) is 0 Å². The van der Waals surface area contributed by atoms with E-state index in [4.69, 9.17) is 0 Å². The van der Waals surface area contributed by atoms with Crippen molar-refractivity contribution in [1.82, 2.24) is 0 Å². The molecule has 0 saturated heterocycles. The third-order valence-electron chi connectivity index (χ3n) is 5.92. The number of hydrogen-bond acceptors (Lipinski definition) is 1. The van der Waals surface area contributed by atoms with Gasteiger partial charge in [0.05, 0.1) is 0 Å². The van der Waals surface area contributed by atoms with Gasteiger partial charge in [-0.3, -0.25) is 0 Å². The Labute approximate surface area is 162 Å². The average Bonchev–Trinajstić information content (AvgIpc) is 3.27. The summed E-state index contributed by atoms with van der Waals surface area (Å²) < 4.78 is 2.77. The molecule has 1 aliphatic carbocycles. The fourth-order valence-corrected chi connectivity index (χ4v) is 5.84. The predicted octanol–water partition coefficient (Wildman–Crippen LogP) is 7.60. The van der Waals surface area contributed by atoms with Crippen molar-refractivity contribution in [2.24, 2.45) is 0 Å². The highest BCUT2D eigenvalue weighted by Gasteiger charge is 2.23. The molecule has 0 radical (unpaired) electrons. The minimum Gasteiger partial charge on any atom is -0.135 e. The highest BCUT2D eigenvalue weighted by molar-refractivity contribution is 7.26. The van der Waals surface area contributed by atoms with Crippen molar-refractivity contribution < 1.29 is 0 Å². The van der Waals surface area contributed by atoms with E-state index in [-0.39, 0.29) is 0 Å². The second-order valence-electron chi connectivity index (χ2n) is 7.39. The van der Waals surface area contributed by atoms with Gasteiger partial charge in [-0.25, -0.2) is 0 Å². The first-order valence-electron chi connectivity index (χ1n) is 9.42. The molecule has 0 spiro atoms. The summed E-state index contributed by atoms with van der Waals surface area (Å²) in [5.41, 5.74) is 9.95. The Morgan fingerprint density at radius 2 is 1.22 bits per heavy atom. The molecule has 128 valence electrons. The van der Waals surface area contributed by atoms with Gasteiger partial charge in [-0.15, -0.1) is 11.3 Å². The number of benzene rings is 4. The quantitative estimate of drug-likeness (QED) is 0.282. The van der Waals surface area contributed by atoms with Crippen LogP contribution in [0.15, 0.2) is 78.9 Å². The summed E-state index contributed by atoms with van der Waals surface area (Å²) >= 11 is 1.92. The Kier molecular flexibility index (Phi) is 3.12. The summed E-state index contributed by atoms with van der Waals surface area (Å²) in [5.74, 6) is 0. The maximum Gasteiger partial charge on any atom is 0.0433 e. The molecule has 0 atom stereocenters. The molecule has 1 heterocycles. The molecular formula is C26H18S. The van der Waals surface area contributed by atoms with Crippen LogP contribution in [-0.4, -0.2) is 0 Å². The van der Waals surface area contributed by atoms with E-state index in [1.807, 2.05) is 11.3 Å². The highest BCUT2D eigenvalue weighted by atomic mass is 32.1. The number of aryl methyl sites for hydroxylation is 1. The van der Waals surface area contributed by atoms with E-state index >= 15 is 0 Å². The van der Waals surface area contributed by atoms with Crippen LogP contribution in [0.25, 0.3) is 42.4 Å². The van der Waals surface area contributed by atoms with Gasteiger partial charge in [0.25, 0.3) is 0 Å². The lowest BCUT2D eigenvalue weighted by Crippen LogP contribution is -1.89. The van der Waals surface area contributed by atoms with Crippen LogP contribution in [-0.2, 0) is 6.42 Å². The summed E-state index contributed by atoms with van der Waals surface area (Å²) in [5, 5.41) is 2.74. The number of hydrogen-bond donors (Lipinski definition) is 0. The first-order chi connectivity index (χ1) is 13.3. The van der Waals surface area contributed by atoms with Gasteiger partial charge >= 0.3 is 0 Å². The van der Waals surface area contributed by atoms with Crippen molar-refractivity contribution in [3.63, 3.8) is 0 Å². The average molecular weight is 362 g/mol. The zero-order chi connectivity index (χ0) is 18.0. The van der Waals surface area contributed by atoms with Crippen LogP contribution in [0, 0.1) is 6.92 Å². The first-order valence-corrected chi connectivity index (χ1v) is 10.2. The fourth-order valence-electron chi connectivity index (χ4n) is 4.61. The van der Waals surface area contributed by atoms with Crippen LogP contribution >= 0.6 is 11.3 Å². The molecule has 5 aromatic rings. The van der Waals surface area contributed by atoms with E-state index in [0.717, 1.165) is 6.42 Å². The lowest BCUT2D eigenvalue weighted by Gasteiger charge is -2.10. The zero-order valence-corrected chi connectivity index (χ0v) is 15.9. The normalized spacial score (nSPS) is 12.5. The van der Waals surface area contributed by atoms with E-state index in [9.17, 15) is 0 Å². The molecule has 1 aliphatic rings.